The molecular weight excluding hydrogens is 497 g/mol. The molecule has 0 aliphatic heterocycles. The Morgan fingerprint density at radius 2 is 1.55 bits per heavy atom. The lowest BCUT2D eigenvalue weighted by Gasteiger charge is -2.34. The quantitative estimate of drug-likeness (QED) is 0.144. The van der Waals surface area contributed by atoms with Gasteiger partial charge in [0, 0.05) is 6.42 Å². The molecule has 33 heavy (non-hydrogen) atoms. The summed E-state index contributed by atoms with van der Waals surface area (Å²) in [5.74, 6) is -14.4. The van der Waals surface area contributed by atoms with Gasteiger partial charge in [-0.2, -0.15) is 39.2 Å². The molecule has 0 saturated heterocycles. The Labute approximate surface area is 184 Å². The van der Waals surface area contributed by atoms with Crippen LogP contribution in [-0.4, -0.2) is 61.3 Å². The second-order valence-electron chi connectivity index (χ2n) is 7.24. The lowest BCUT2D eigenvalue weighted by molar-refractivity contribution is -0.357. The lowest BCUT2D eigenvalue weighted by atomic mass is 9.89. The van der Waals surface area contributed by atoms with Gasteiger partial charge in [-0.15, -0.1) is 0 Å². The maximum Gasteiger partial charge on any atom is 0.468 e. The molecule has 1 rings (SSSR count). The number of carbonyl (C=O) groups excluding carboxylic acids is 2. The van der Waals surface area contributed by atoms with E-state index in [0.717, 1.165) is 13.3 Å². The Morgan fingerprint density at radius 3 is 2.00 bits per heavy atom. The van der Waals surface area contributed by atoms with Gasteiger partial charge >= 0.3 is 45.2 Å². The molecule has 1 atom stereocenters. The summed E-state index contributed by atoms with van der Waals surface area (Å²) in [5.41, 5.74) is 0. The third-order valence-electron chi connectivity index (χ3n) is 4.79. The molecule has 1 fully saturated rings. The zero-order chi connectivity index (χ0) is 25.7. The number of alkyl halides is 7. The van der Waals surface area contributed by atoms with Gasteiger partial charge in [0.05, 0.1) is 19.1 Å². The van der Waals surface area contributed by atoms with Gasteiger partial charge in [-0.3, -0.25) is 9.35 Å². The molecule has 0 heterocycles. The summed E-state index contributed by atoms with van der Waals surface area (Å²) in [6, 6.07) is 0. The normalized spacial score (nSPS) is 18.5. The third kappa shape index (κ3) is 6.68. The molecule has 194 valence electrons. The van der Waals surface area contributed by atoms with Gasteiger partial charge < -0.3 is 14.2 Å². The van der Waals surface area contributed by atoms with Gasteiger partial charge in [0.2, 0.25) is 0 Å². The van der Waals surface area contributed by atoms with E-state index in [0.29, 0.717) is 12.8 Å². The summed E-state index contributed by atoms with van der Waals surface area (Å²) in [7, 11) is -6.55. The predicted molar refractivity (Wildman–Crippen MR) is 94.7 cm³/mol. The van der Waals surface area contributed by atoms with Crippen LogP contribution >= 0.6 is 0 Å². The predicted octanol–water partition coefficient (Wildman–Crippen LogP) is 3.84. The van der Waals surface area contributed by atoms with E-state index in [9.17, 15) is 48.7 Å². The summed E-state index contributed by atoms with van der Waals surface area (Å²) >= 11 is 0. The second-order valence-corrected chi connectivity index (χ2v) is 8.70. The van der Waals surface area contributed by atoms with Crippen molar-refractivity contribution in [2.24, 2.45) is 5.92 Å². The molecular formula is C17H23F7O8S. The number of esters is 2. The van der Waals surface area contributed by atoms with Gasteiger partial charge in [0.15, 0.2) is 0 Å². The first-order chi connectivity index (χ1) is 14.9. The Kier molecular flexibility index (Phi) is 9.53. The third-order valence-corrected chi connectivity index (χ3v) is 5.74. The monoisotopic (exact) mass is 520 g/mol. The van der Waals surface area contributed by atoms with Crippen LogP contribution in [0.2, 0.25) is 0 Å². The molecule has 0 spiro atoms. The topological polar surface area (TPSA) is 116 Å². The van der Waals surface area contributed by atoms with Crippen molar-refractivity contribution >= 4 is 22.1 Å². The van der Waals surface area contributed by atoms with Gasteiger partial charge in [-0.25, -0.2) is 4.79 Å². The van der Waals surface area contributed by atoms with Crippen LogP contribution in [0.5, 0.6) is 0 Å². The minimum Gasteiger partial charge on any atom is -0.461 e. The van der Waals surface area contributed by atoms with E-state index >= 15 is 0 Å². The van der Waals surface area contributed by atoms with Gasteiger partial charge in [-0.1, -0.05) is 19.3 Å². The number of carbonyl (C=O) groups is 2. The first-order valence-electron chi connectivity index (χ1n) is 9.76. The van der Waals surface area contributed by atoms with Crippen molar-refractivity contribution in [3.05, 3.63) is 0 Å². The van der Waals surface area contributed by atoms with Gasteiger partial charge in [-0.05, 0) is 26.2 Å². The highest BCUT2D eigenvalue weighted by Crippen LogP contribution is 2.42. The molecule has 0 amide bonds. The van der Waals surface area contributed by atoms with Crippen LogP contribution in [-0.2, 0) is 33.9 Å². The molecule has 16 heteroatoms. The van der Waals surface area contributed by atoms with E-state index in [4.69, 9.17) is 4.55 Å². The minimum absolute atomic E-state index is 0.173. The standard InChI is InChI=1S/C17H23F7O8S/c1-2-30-13(26)15(16(20,21)22,32-12(25)11-7-4-3-5-8-11)31-10-6-9-14(18,19)17(23,24)33(27,28)29/h11H,2-10H2,1H3,(H,27,28,29). The van der Waals surface area contributed by atoms with Crippen LogP contribution in [0.1, 0.15) is 51.9 Å². The van der Waals surface area contributed by atoms with Crippen molar-refractivity contribution in [2.45, 2.75) is 75.0 Å². The molecule has 1 aliphatic carbocycles. The van der Waals surface area contributed by atoms with Crippen LogP contribution in [0.15, 0.2) is 0 Å². The van der Waals surface area contributed by atoms with E-state index < -0.39 is 77.2 Å². The molecule has 0 aromatic carbocycles. The smallest absolute Gasteiger partial charge is 0.461 e. The Balaban J connectivity index is 3.07. The number of rotatable bonds is 11. The number of hydrogen-bond acceptors (Lipinski definition) is 7. The number of hydrogen-bond donors (Lipinski definition) is 1. The number of halogens is 7. The molecule has 1 unspecified atom stereocenters. The lowest BCUT2D eigenvalue weighted by Crippen LogP contribution is -2.59. The van der Waals surface area contributed by atoms with Gasteiger partial charge in [0.1, 0.15) is 0 Å². The fourth-order valence-corrected chi connectivity index (χ4v) is 3.50. The van der Waals surface area contributed by atoms with Crippen LogP contribution in [0, 0.1) is 5.92 Å². The Morgan fingerprint density at radius 1 is 1.00 bits per heavy atom. The molecule has 8 nitrogen and oxygen atoms in total. The molecule has 1 N–H and O–H groups in total. The molecule has 0 radical (unpaired) electrons. The highest BCUT2D eigenvalue weighted by Gasteiger charge is 2.68. The zero-order valence-corrected chi connectivity index (χ0v) is 18.1. The average molecular weight is 520 g/mol. The summed E-state index contributed by atoms with van der Waals surface area (Å²) in [6.45, 7) is -0.979. The SMILES string of the molecule is CCOC(=O)C(OCCCC(F)(F)C(F)(F)S(=O)(=O)O)(OC(=O)C1CCCCC1)C(F)(F)F. The highest BCUT2D eigenvalue weighted by molar-refractivity contribution is 7.87. The minimum atomic E-state index is -6.55. The Bertz CT molecular complexity index is 794. The maximum absolute atomic E-state index is 13.8. The van der Waals surface area contributed by atoms with E-state index in [-0.39, 0.29) is 12.8 Å². The summed E-state index contributed by atoms with van der Waals surface area (Å²) in [6.07, 6.45) is -7.07. The van der Waals surface area contributed by atoms with E-state index in [1.54, 1.807) is 0 Å². The molecule has 0 aromatic heterocycles. The van der Waals surface area contributed by atoms with E-state index in [1.165, 1.54) is 0 Å². The molecule has 0 bridgehead atoms. The van der Waals surface area contributed by atoms with E-state index in [1.807, 2.05) is 0 Å². The first-order valence-corrected chi connectivity index (χ1v) is 11.2. The van der Waals surface area contributed by atoms with Crippen molar-refractivity contribution in [3.8, 4) is 0 Å². The average Bonchev–Trinajstić information content (AvgIpc) is 2.69. The summed E-state index contributed by atoms with van der Waals surface area (Å²) in [4.78, 5) is 24.4. The molecule has 1 aliphatic rings. The zero-order valence-electron chi connectivity index (χ0n) is 17.3. The summed E-state index contributed by atoms with van der Waals surface area (Å²) in [5, 5.41) is -5.93. The van der Waals surface area contributed by atoms with Crippen molar-refractivity contribution in [3.63, 3.8) is 0 Å². The largest absolute Gasteiger partial charge is 0.468 e. The number of ether oxygens (including phenoxy) is 3. The van der Waals surface area contributed by atoms with Crippen molar-refractivity contribution < 1.29 is 67.5 Å². The van der Waals surface area contributed by atoms with Crippen LogP contribution in [0.25, 0.3) is 0 Å². The second kappa shape index (κ2) is 10.7. The Hall–Kier alpha value is -1.68. The molecule has 0 aromatic rings. The fraction of sp³-hybridized carbons (Fsp3) is 0.882. The molecule has 1 saturated carbocycles. The van der Waals surface area contributed by atoms with Crippen LogP contribution < -0.4 is 0 Å². The highest BCUT2D eigenvalue weighted by atomic mass is 32.2. The van der Waals surface area contributed by atoms with Gasteiger partial charge in [0.25, 0.3) is 0 Å². The summed E-state index contributed by atoms with van der Waals surface area (Å²) < 4.78 is 137. The van der Waals surface area contributed by atoms with E-state index in [2.05, 4.69) is 14.2 Å². The maximum atomic E-state index is 13.8. The fourth-order valence-electron chi connectivity index (χ4n) is 3.02. The first kappa shape index (κ1) is 29.4. The van der Waals surface area contributed by atoms with Crippen molar-refractivity contribution in [2.75, 3.05) is 13.2 Å². The van der Waals surface area contributed by atoms with Crippen LogP contribution in [0.3, 0.4) is 0 Å². The van der Waals surface area contributed by atoms with Crippen molar-refractivity contribution in [1.29, 1.82) is 0 Å². The van der Waals surface area contributed by atoms with Crippen LogP contribution in [0.4, 0.5) is 30.7 Å². The van der Waals surface area contributed by atoms with Crippen molar-refractivity contribution in [1.82, 2.24) is 0 Å².